The highest BCUT2D eigenvalue weighted by molar-refractivity contribution is 8.04. The van der Waals surface area contributed by atoms with Crippen LogP contribution in [0.2, 0.25) is 0 Å². The van der Waals surface area contributed by atoms with Crippen molar-refractivity contribution < 1.29 is 14.4 Å². The summed E-state index contributed by atoms with van der Waals surface area (Å²) in [7, 11) is 0. The number of hydrogen-bond acceptors (Lipinski definition) is 4. The Bertz CT molecular complexity index is 560. The van der Waals surface area contributed by atoms with Crippen LogP contribution in [0.3, 0.4) is 0 Å². The Balaban J connectivity index is 2.09. The molecule has 2 rings (SSSR count). The molecule has 0 bridgehead atoms. The average molecular weight is 367 g/mol. The third-order valence-electron chi connectivity index (χ3n) is 4.87. The van der Waals surface area contributed by atoms with E-state index in [9.17, 15) is 14.4 Å². The Morgan fingerprint density at radius 1 is 1.24 bits per heavy atom. The van der Waals surface area contributed by atoms with Gasteiger partial charge in [0.15, 0.2) is 5.78 Å². The maximum Gasteiger partial charge on any atom is 0.242 e. The van der Waals surface area contributed by atoms with Crippen molar-refractivity contribution in [2.75, 3.05) is 18.8 Å². The smallest absolute Gasteiger partial charge is 0.242 e. The lowest BCUT2D eigenvalue weighted by molar-refractivity contribution is -0.139. The number of carbonyl (C=O) groups is 3. The molecule has 6 heteroatoms. The van der Waals surface area contributed by atoms with Gasteiger partial charge in [-0.05, 0) is 19.8 Å². The van der Waals surface area contributed by atoms with E-state index in [1.54, 1.807) is 0 Å². The van der Waals surface area contributed by atoms with Crippen LogP contribution in [-0.2, 0) is 14.4 Å². The van der Waals surface area contributed by atoms with Gasteiger partial charge in [-0.25, -0.2) is 0 Å². The largest absolute Gasteiger partial charge is 0.338 e. The number of rotatable bonds is 5. The summed E-state index contributed by atoms with van der Waals surface area (Å²) in [5.74, 6) is 0.165. The summed E-state index contributed by atoms with van der Waals surface area (Å²) in [6.45, 7) is 8.26. The number of nitrogens with zero attached hydrogens (tertiary/aromatic N) is 2. The molecule has 0 aromatic rings. The van der Waals surface area contributed by atoms with Gasteiger partial charge in [0.2, 0.25) is 11.8 Å². The zero-order valence-corrected chi connectivity index (χ0v) is 16.7. The topological polar surface area (TPSA) is 57.7 Å². The Kier molecular flexibility index (Phi) is 6.72. The molecule has 2 amide bonds. The number of thioether (sulfide) groups is 1. The number of carbonyl (C=O) groups excluding carboxylic acids is 3. The fourth-order valence-electron chi connectivity index (χ4n) is 3.29. The molecule has 25 heavy (non-hydrogen) atoms. The summed E-state index contributed by atoms with van der Waals surface area (Å²) < 4.78 is 0. The minimum absolute atomic E-state index is 0.0145. The molecular weight excluding hydrogens is 336 g/mol. The lowest BCUT2D eigenvalue weighted by Crippen LogP contribution is -2.46. The number of ketones is 1. The van der Waals surface area contributed by atoms with E-state index in [1.165, 1.54) is 29.2 Å². The van der Waals surface area contributed by atoms with E-state index in [4.69, 9.17) is 0 Å². The van der Waals surface area contributed by atoms with Gasteiger partial charge in [-0.3, -0.25) is 19.3 Å². The van der Waals surface area contributed by atoms with E-state index in [-0.39, 0.29) is 24.1 Å². The Morgan fingerprint density at radius 3 is 2.44 bits per heavy atom. The number of hydrogen-bond donors (Lipinski definition) is 0. The van der Waals surface area contributed by atoms with Gasteiger partial charge in [-0.1, -0.05) is 51.8 Å². The molecule has 2 fully saturated rings. The minimum atomic E-state index is -0.494. The van der Waals surface area contributed by atoms with Gasteiger partial charge in [-0.2, -0.15) is 0 Å². The second-order valence-electron chi connectivity index (χ2n) is 7.84. The zero-order valence-electron chi connectivity index (χ0n) is 15.8. The van der Waals surface area contributed by atoms with Crippen LogP contribution in [0.15, 0.2) is 11.1 Å². The van der Waals surface area contributed by atoms with Gasteiger partial charge in [0.1, 0.15) is 6.54 Å². The SMILES string of the molecule is CCN(C(=O)CN1C(=O)CS/C1=C\C(=O)C(C)(C)C)C1CCCCC1. The van der Waals surface area contributed by atoms with E-state index in [0.29, 0.717) is 23.4 Å². The van der Waals surface area contributed by atoms with Gasteiger partial charge in [0.05, 0.1) is 10.8 Å². The summed E-state index contributed by atoms with van der Waals surface area (Å²) in [6.07, 6.45) is 7.20. The van der Waals surface area contributed by atoms with E-state index in [1.807, 2.05) is 32.6 Å². The molecule has 0 N–H and O–H groups in total. The molecule has 0 spiro atoms. The van der Waals surface area contributed by atoms with E-state index >= 15 is 0 Å². The average Bonchev–Trinajstić information content (AvgIpc) is 2.89. The van der Waals surface area contributed by atoms with Gasteiger partial charge < -0.3 is 4.90 Å². The third kappa shape index (κ3) is 5.09. The zero-order chi connectivity index (χ0) is 18.6. The summed E-state index contributed by atoms with van der Waals surface area (Å²) in [6, 6.07) is 0.292. The van der Waals surface area contributed by atoms with Crippen LogP contribution in [0.1, 0.15) is 59.8 Å². The molecule has 0 aromatic carbocycles. The molecule has 1 saturated carbocycles. The highest BCUT2D eigenvalue weighted by Crippen LogP contribution is 2.31. The first-order valence-electron chi connectivity index (χ1n) is 9.22. The van der Waals surface area contributed by atoms with Crippen molar-refractivity contribution in [3.05, 3.63) is 11.1 Å². The quantitative estimate of drug-likeness (QED) is 0.701. The van der Waals surface area contributed by atoms with Crippen molar-refractivity contribution in [2.45, 2.75) is 65.8 Å². The third-order valence-corrected chi connectivity index (χ3v) is 5.90. The highest BCUT2D eigenvalue weighted by Gasteiger charge is 2.33. The van der Waals surface area contributed by atoms with Crippen LogP contribution in [-0.4, -0.2) is 52.3 Å². The Morgan fingerprint density at radius 2 is 1.88 bits per heavy atom. The summed E-state index contributed by atoms with van der Waals surface area (Å²) in [5, 5.41) is 0.609. The van der Waals surface area contributed by atoms with Crippen molar-refractivity contribution >= 4 is 29.4 Å². The van der Waals surface area contributed by atoms with Gasteiger partial charge in [-0.15, -0.1) is 0 Å². The summed E-state index contributed by atoms with van der Waals surface area (Å²) in [5.41, 5.74) is -0.494. The maximum atomic E-state index is 12.8. The molecule has 2 aliphatic rings. The van der Waals surface area contributed by atoms with E-state index < -0.39 is 5.41 Å². The van der Waals surface area contributed by atoms with E-state index in [2.05, 4.69) is 0 Å². The van der Waals surface area contributed by atoms with Gasteiger partial charge in [0.25, 0.3) is 0 Å². The summed E-state index contributed by atoms with van der Waals surface area (Å²) >= 11 is 1.35. The molecule has 1 aliphatic heterocycles. The first-order valence-corrected chi connectivity index (χ1v) is 10.2. The standard InChI is InChI=1S/C19H30N2O3S/c1-5-20(14-9-7-6-8-10-14)16(23)12-21-17(24)13-25-18(21)11-15(22)19(2,3)4/h11,14H,5-10,12-13H2,1-4H3/b18-11-. The molecule has 5 nitrogen and oxygen atoms in total. The fraction of sp³-hybridized carbons (Fsp3) is 0.737. The minimum Gasteiger partial charge on any atom is -0.338 e. The highest BCUT2D eigenvalue weighted by atomic mass is 32.2. The van der Waals surface area contributed by atoms with Crippen LogP contribution in [0.25, 0.3) is 0 Å². The molecule has 1 saturated heterocycles. The number of likely N-dealkylation sites (N-methyl/N-ethyl adjacent to an activating group) is 1. The second kappa shape index (κ2) is 8.39. The van der Waals surface area contributed by atoms with Crippen molar-refractivity contribution in [1.29, 1.82) is 0 Å². The van der Waals surface area contributed by atoms with Crippen LogP contribution in [0.4, 0.5) is 0 Å². The number of allylic oxidation sites excluding steroid dienone is 1. The fourth-order valence-corrected chi connectivity index (χ4v) is 4.23. The lowest BCUT2D eigenvalue weighted by atomic mass is 9.91. The second-order valence-corrected chi connectivity index (χ2v) is 8.83. The van der Waals surface area contributed by atoms with Crippen LogP contribution in [0.5, 0.6) is 0 Å². The molecule has 0 aromatic heterocycles. The van der Waals surface area contributed by atoms with Crippen molar-refractivity contribution in [2.24, 2.45) is 5.41 Å². The monoisotopic (exact) mass is 366 g/mol. The molecule has 0 atom stereocenters. The van der Waals surface area contributed by atoms with E-state index in [0.717, 1.165) is 25.7 Å². The normalized spacial score (nSPS) is 21.0. The van der Waals surface area contributed by atoms with Crippen molar-refractivity contribution in [1.82, 2.24) is 9.80 Å². The molecule has 0 radical (unpaired) electrons. The molecule has 140 valence electrons. The van der Waals surface area contributed by atoms with Crippen molar-refractivity contribution in [3.63, 3.8) is 0 Å². The van der Waals surface area contributed by atoms with Gasteiger partial charge in [0, 0.05) is 24.1 Å². The predicted molar refractivity (Wildman–Crippen MR) is 101 cm³/mol. The maximum absolute atomic E-state index is 12.8. The first-order chi connectivity index (χ1) is 11.7. The first kappa shape index (κ1) is 20.0. The molecular formula is C19H30N2O3S. The molecule has 1 heterocycles. The van der Waals surface area contributed by atoms with Crippen LogP contribution in [0, 0.1) is 5.41 Å². The lowest BCUT2D eigenvalue weighted by Gasteiger charge is -2.34. The predicted octanol–water partition coefficient (Wildman–Crippen LogP) is 3.20. The Hall–Kier alpha value is -1.30. The van der Waals surface area contributed by atoms with Crippen molar-refractivity contribution in [3.8, 4) is 0 Å². The van der Waals surface area contributed by atoms with Crippen LogP contribution < -0.4 is 0 Å². The van der Waals surface area contributed by atoms with Gasteiger partial charge >= 0.3 is 0 Å². The molecule has 0 unspecified atom stereocenters. The number of amides is 2. The molecule has 1 aliphatic carbocycles. The summed E-state index contributed by atoms with van der Waals surface area (Å²) in [4.78, 5) is 40.7. The Labute approximate surface area is 155 Å². The van der Waals surface area contributed by atoms with Crippen LogP contribution >= 0.6 is 11.8 Å².